The van der Waals surface area contributed by atoms with E-state index in [2.05, 4.69) is 15.3 Å². The fourth-order valence-electron chi connectivity index (χ4n) is 1.73. The lowest BCUT2D eigenvalue weighted by molar-refractivity contribution is 0.0953. The molecule has 0 aliphatic rings. The van der Waals surface area contributed by atoms with Crippen LogP contribution in [0.5, 0.6) is 0 Å². The summed E-state index contributed by atoms with van der Waals surface area (Å²) >= 11 is 0. The fourth-order valence-corrected chi connectivity index (χ4v) is 1.73. The van der Waals surface area contributed by atoms with Gasteiger partial charge in [-0.05, 0) is 18.4 Å². The summed E-state index contributed by atoms with van der Waals surface area (Å²) in [6.07, 6.45) is 5.03. The Morgan fingerprint density at radius 1 is 1.65 bits per heavy atom. The first-order chi connectivity index (χ1) is 9.65. The first-order valence-electron chi connectivity index (χ1n) is 6.21. The number of amides is 1. The van der Waals surface area contributed by atoms with Gasteiger partial charge in [-0.1, -0.05) is 13.0 Å². The highest BCUT2D eigenvalue weighted by molar-refractivity contribution is 6.05. The Balaban J connectivity index is 3.14. The van der Waals surface area contributed by atoms with Crippen LogP contribution in [0.3, 0.4) is 0 Å². The molecule has 0 aromatic carbocycles. The molecule has 6 nitrogen and oxygen atoms in total. The van der Waals surface area contributed by atoms with E-state index in [-0.39, 0.29) is 18.2 Å². The fraction of sp³-hybridized carbons (Fsp3) is 0.308. The minimum absolute atomic E-state index is 0.0804. The zero-order chi connectivity index (χ0) is 15.0. The maximum absolute atomic E-state index is 12.2. The quantitative estimate of drug-likeness (QED) is 0.448. The summed E-state index contributed by atoms with van der Waals surface area (Å²) in [4.78, 5) is 18.5. The van der Waals surface area contributed by atoms with Crippen molar-refractivity contribution in [3.05, 3.63) is 35.4 Å². The normalized spacial score (nSPS) is 11.8. The van der Waals surface area contributed by atoms with Gasteiger partial charge in [0.05, 0.1) is 17.6 Å². The summed E-state index contributed by atoms with van der Waals surface area (Å²) in [5.41, 5.74) is 7.08. The summed E-state index contributed by atoms with van der Waals surface area (Å²) in [7, 11) is 0. The molecule has 1 aromatic rings. The van der Waals surface area contributed by atoms with Crippen LogP contribution in [0.15, 0.2) is 23.6 Å². The van der Waals surface area contributed by atoms with E-state index >= 15 is 0 Å². The third kappa shape index (κ3) is 3.78. The van der Waals surface area contributed by atoms with Crippen molar-refractivity contribution in [2.75, 3.05) is 6.54 Å². The van der Waals surface area contributed by atoms with Crippen molar-refractivity contribution in [2.45, 2.75) is 19.8 Å². The monoisotopic (exact) mass is 279 g/mol. The molecule has 0 unspecified atom stereocenters. The molecule has 0 fully saturated rings. The van der Waals surface area contributed by atoms with Crippen LogP contribution in [0.25, 0.3) is 0 Å². The van der Waals surface area contributed by atoms with E-state index in [0.29, 0.717) is 29.7 Å². The van der Waals surface area contributed by atoms with E-state index in [1.54, 1.807) is 0 Å². The van der Waals surface area contributed by atoms with Crippen molar-refractivity contribution in [1.29, 1.82) is 5.41 Å². The van der Waals surface area contributed by atoms with Crippen LogP contribution >= 0.6 is 0 Å². The molecule has 0 atom stereocenters. The topological polar surface area (TPSA) is 107 Å². The average molecular weight is 279 g/mol. The van der Waals surface area contributed by atoms with Gasteiger partial charge >= 0.3 is 0 Å². The van der Waals surface area contributed by atoms with E-state index in [4.69, 9.17) is 11.1 Å². The minimum Gasteiger partial charge on any atom is -0.382 e. The maximum Gasteiger partial charge on any atom is 0.253 e. The summed E-state index contributed by atoms with van der Waals surface area (Å²) in [5.74, 6) is -0.170. The van der Waals surface area contributed by atoms with Crippen molar-refractivity contribution in [2.24, 2.45) is 10.7 Å². The number of aromatic amines is 1. The lowest BCUT2D eigenvalue weighted by atomic mass is 10.1. The SMILES string of the molecule is CCCNC(=O)c1c[nH]c(C(N)=NC=N)c1C/C=C/F. The predicted molar refractivity (Wildman–Crippen MR) is 76.9 cm³/mol. The number of nitrogens with two attached hydrogens (primary N) is 1. The van der Waals surface area contributed by atoms with Crippen molar-refractivity contribution >= 4 is 18.1 Å². The molecule has 7 heteroatoms. The zero-order valence-corrected chi connectivity index (χ0v) is 11.2. The maximum atomic E-state index is 12.2. The van der Waals surface area contributed by atoms with Gasteiger partial charge in [-0.2, -0.15) is 0 Å². The number of nitrogens with one attached hydrogen (secondary N) is 3. The smallest absolute Gasteiger partial charge is 0.253 e. The molecule has 5 N–H and O–H groups in total. The van der Waals surface area contributed by atoms with Gasteiger partial charge < -0.3 is 16.0 Å². The van der Waals surface area contributed by atoms with Crippen LogP contribution in [-0.2, 0) is 6.42 Å². The molecular formula is C13H18FN5O. The standard InChI is InChI=1S/C13H18FN5O/c1-2-6-17-13(20)10-7-18-11(12(16)19-8-15)9(10)4-3-5-14/h3,5,7-8,18H,2,4,6H2,1H3,(H,17,20)(H3,15,16,19)/b5-3+. The van der Waals surface area contributed by atoms with Gasteiger partial charge in [0.15, 0.2) is 0 Å². The Morgan fingerprint density at radius 3 is 3.00 bits per heavy atom. The van der Waals surface area contributed by atoms with Gasteiger partial charge in [-0.15, -0.1) is 0 Å². The number of carbonyl (C=O) groups excluding carboxylic acids is 1. The zero-order valence-electron chi connectivity index (χ0n) is 11.2. The second-order valence-corrected chi connectivity index (χ2v) is 4.02. The molecular weight excluding hydrogens is 261 g/mol. The summed E-state index contributed by atoms with van der Waals surface area (Å²) in [6, 6.07) is 0. The Kier molecular flexibility index (Phi) is 6.15. The van der Waals surface area contributed by atoms with E-state index in [9.17, 15) is 9.18 Å². The second-order valence-electron chi connectivity index (χ2n) is 4.02. The predicted octanol–water partition coefficient (Wildman–Crippen LogP) is 1.49. The lowest BCUT2D eigenvalue weighted by Crippen LogP contribution is -2.25. The molecule has 0 saturated carbocycles. The molecule has 0 spiro atoms. The molecule has 0 saturated heterocycles. The molecule has 108 valence electrons. The molecule has 1 aromatic heterocycles. The second kappa shape index (κ2) is 7.88. The lowest BCUT2D eigenvalue weighted by Gasteiger charge is -2.05. The molecule has 0 bridgehead atoms. The number of aliphatic imine (C=N–C) groups is 1. The number of rotatable bonds is 7. The van der Waals surface area contributed by atoms with Crippen molar-refractivity contribution in [1.82, 2.24) is 10.3 Å². The van der Waals surface area contributed by atoms with E-state index < -0.39 is 0 Å². The van der Waals surface area contributed by atoms with Gasteiger partial charge in [-0.3, -0.25) is 10.2 Å². The molecule has 0 radical (unpaired) electrons. The Bertz CT molecular complexity index is 533. The molecule has 1 amide bonds. The largest absolute Gasteiger partial charge is 0.382 e. The summed E-state index contributed by atoms with van der Waals surface area (Å²) in [6.45, 7) is 2.51. The minimum atomic E-state index is -0.251. The van der Waals surface area contributed by atoms with Crippen LogP contribution < -0.4 is 11.1 Å². The number of nitrogens with zero attached hydrogens (tertiary/aromatic N) is 1. The Hall–Kier alpha value is -2.44. The highest BCUT2D eigenvalue weighted by Crippen LogP contribution is 2.16. The van der Waals surface area contributed by atoms with Gasteiger partial charge in [-0.25, -0.2) is 9.38 Å². The van der Waals surface area contributed by atoms with Crippen molar-refractivity contribution < 1.29 is 9.18 Å². The third-order valence-electron chi connectivity index (χ3n) is 2.64. The molecule has 1 heterocycles. The summed E-state index contributed by atoms with van der Waals surface area (Å²) in [5, 5.41) is 9.66. The van der Waals surface area contributed by atoms with Crippen LogP contribution in [-0.4, -0.2) is 29.6 Å². The number of hydrogen-bond donors (Lipinski definition) is 4. The Morgan fingerprint density at radius 2 is 2.40 bits per heavy atom. The number of halogens is 1. The van der Waals surface area contributed by atoms with Gasteiger partial charge in [0.2, 0.25) is 0 Å². The highest BCUT2D eigenvalue weighted by atomic mass is 19.1. The van der Waals surface area contributed by atoms with Crippen molar-refractivity contribution in [3.63, 3.8) is 0 Å². The summed E-state index contributed by atoms with van der Waals surface area (Å²) < 4.78 is 12.2. The average Bonchev–Trinajstić information content (AvgIpc) is 2.86. The number of carbonyl (C=O) groups is 1. The number of H-pyrrole nitrogens is 1. The molecule has 1 rings (SSSR count). The first-order valence-corrected chi connectivity index (χ1v) is 6.21. The first kappa shape index (κ1) is 15.6. The van der Waals surface area contributed by atoms with Crippen LogP contribution in [0.4, 0.5) is 4.39 Å². The van der Waals surface area contributed by atoms with Gasteiger partial charge in [0.25, 0.3) is 5.91 Å². The van der Waals surface area contributed by atoms with Gasteiger partial charge in [0, 0.05) is 12.7 Å². The van der Waals surface area contributed by atoms with Crippen molar-refractivity contribution in [3.8, 4) is 0 Å². The van der Waals surface area contributed by atoms with Crippen LogP contribution in [0, 0.1) is 5.41 Å². The van der Waals surface area contributed by atoms with E-state index in [1.807, 2.05) is 6.92 Å². The molecule has 0 aliphatic carbocycles. The third-order valence-corrected chi connectivity index (χ3v) is 2.64. The number of allylic oxidation sites excluding steroid dienone is 1. The van der Waals surface area contributed by atoms with Crippen LogP contribution in [0.2, 0.25) is 0 Å². The number of hydrogen-bond acceptors (Lipinski definition) is 2. The van der Waals surface area contributed by atoms with E-state index in [1.165, 1.54) is 12.3 Å². The highest BCUT2D eigenvalue weighted by Gasteiger charge is 2.18. The molecule has 20 heavy (non-hydrogen) atoms. The van der Waals surface area contributed by atoms with E-state index in [0.717, 1.165) is 12.8 Å². The molecule has 0 aliphatic heterocycles. The number of amidine groups is 1. The van der Waals surface area contributed by atoms with Crippen LogP contribution in [0.1, 0.15) is 35.0 Å². The van der Waals surface area contributed by atoms with Gasteiger partial charge in [0.1, 0.15) is 12.2 Å². The Labute approximate surface area is 116 Å². The number of aromatic nitrogens is 1.